The maximum atomic E-state index is 11.2. The first-order chi connectivity index (χ1) is 5.14. The Morgan fingerprint density at radius 2 is 2.09 bits per heavy atom. The fourth-order valence-corrected chi connectivity index (χ4v) is 3.09. The van der Waals surface area contributed by atoms with Crippen molar-refractivity contribution < 1.29 is 4.21 Å². The molecule has 1 rings (SSSR count). The van der Waals surface area contributed by atoms with E-state index in [-0.39, 0.29) is 0 Å². The van der Waals surface area contributed by atoms with Crippen LogP contribution in [0.15, 0.2) is 0 Å². The number of nitrogens with one attached hydrogen (secondary N) is 2. The third-order valence-electron chi connectivity index (χ3n) is 2.20. The minimum Gasteiger partial charge on any atom is -0.319 e. The van der Waals surface area contributed by atoms with Gasteiger partial charge in [-0.15, -0.1) is 0 Å². The van der Waals surface area contributed by atoms with Gasteiger partial charge in [-0.25, -0.2) is 4.21 Å². The van der Waals surface area contributed by atoms with E-state index in [1.165, 1.54) is 0 Å². The first-order valence-corrected chi connectivity index (χ1v) is 5.92. The van der Waals surface area contributed by atoms with Crippen molar-refractivity contribution in [2.24, 2.45) is 5.92 Å². The smallest absolute Gasteiger partial charge is 0.0441 e. The number of hydrogen-bond acceptors (Lipinski definition) is 3. The molecule has 0 aromatic rings. The average Bonchev–Trinajstić information content (AvgIpc) is 1.94. The maximum Gasteiger partial charge on any atom is 0.0441 e. The van der Waals surface area contributed by atoms with Gasteiger partial charge in [-0.05, 0) is 32.4 Å². The summed E-state index contributed by atoms with van der Waals surface area (Å²) in [5.41, 5.74) is 0. The second-order valence-electron chi connectivity index (χ2n) is 3.22. The second kappa shape index (κ2) is 3.54. The molecule has 0 amide bonds. The third kappa shape index (κ3) is 2.79. The Kier molecular flexibility index (Phi) is 2.90. The van der Waals surface area contributed by atoms with Crippen LogP contribution in [0, 0.1) is 10.7 Å². The first kappa shape index (κ1) is 9.00. The normalized spacial score (nSPS) is 38.8. The van der Waals surface area contributed by atoms with Crippen LogP contribution in [0.4, 0.5) is 0 Å². The van der Waals surface area contributed by atoms with E-state index >= 15 is 0 Å². The van der Waals surface area contributed by atoms with Gasteiger partial charge in [0.15, 0.2) is 0 Å². The summed E-state index contributed by atoms with van der Waals surface area (Å²) in [5, 5.41) is 3.11. The van der Waals surface area contributed by atoms with Crippen molar-refractivity contribution in [3.8, 4) is 0 Å². The highest BCUT2D eigenvalue weighted by molar-refractivity contribution is 7.92. The van der Waals surface area contributed by atoms with E-state index in [0.717, 1.165) is 19.4 Å². The first-order valence-electron chi connectivity index (χ1n) is 4.03. The molecule has 0 aliphatic carbocycles. The largest absolute Gasteiger partial charge is 0.319 e. The van der Waals surface area contributed by atoms with Gasteiger partial charge >= 0.3 is 0 Å². The van der Waals surface area contributed by atoms with Crippen LogP contribution in [0.25, 0.3) is 0 Å². The molecule has 0 aromatic heterocycles. The highest BCUT2D eigenvalue weighted by atomic mass is 32.2. The van der Waals surface area contributed by atoms with E-state index in [0.29, 0.717) is 17.4 Å². The zero-order valence-electron chi connectivity index (χ0n) is 6.93. The molecule has 1 saturated heterocycles. The molecule has 0 unspecified atom stereocenters. The van der Waals surface area contributed by atoms with Gasteiger partial charge < -0.3 is 5.32 Å². The van der Waals surface area contributed by atoms with E-state index in [1.807, 2.05) is 7.05 Å². The van der Waals surface area contributed by atoms with Crippen LogP contribution < -0.4 is 5.32 Å². The van der Waals surface area contributed by atoms with Gasteiger partial charge in [0.2, 0.25) is 0 Å². The van der Waals surface area contributed by atoms with Crippen molar-refractivity contribution in [1.82, 2.24) is 5.32 Å². The van der Waals surface area contributed by atoms with Crippen LogP contribution >= 0.6 is 0 Å². The fourth-order valence-electron chi connectivity index (χ4n) is 1.45. The molecular formula is C7H16N2OS. The fraction of sp³-hybridized carbons (Fsp3) is 1.00. The van der Waals surface area contributed by atoms with Crippen LogP contribution in [0.1, 0.15) is 12.8 Å². The van der Waals surface area contributed by atoms with Gasteiger partial charge in [0.05, 0.1) is 0 Å². The predicted molar refractivity (Wildman–Crippen MR) is 47.2 cm³/mol. The van der Waals surface area contributed by atoms with E-state index in [1.54, 1.807) is 0 Å². The summed E-state index contributed by atoms with van der Waals surface area (Å²) in [6.07, 6.45) is 1.92. The maximum absolute atomic E-state index is 11.2. The SMILES string of the molecule is CNCC1CCS(=N)(=O)CC1. The molecule has 1 aliphatic heterocycles. The Morgan fingerprint density at radius 3 is 2.55 bits per heavy atom. The lowest BCUT2D eigenvalue weighted by molar-refractivity contribution is 0.457. The Morgan fingerprint density at radius 1 is 1.55 bits per heavy atom. The molecule has 0 aromatic carbocycles. The quantitative estimate of drug-likeness (QED) is 0.649. The van der Waals surface area contributed by atoms with E-state index in [4.69, 9.17) is 4.78 Å². The Hall–Kier alpha value is -0.0900. The Bertz CT molecular complexity index is 196. The van der Waals surface area contributed by atoms with Crippen molar-refractivity contribution in [3.63, 3.8) is 0 Å². The topological polar surface area (TPSA) is 53.0 Å². The summed E-state index contributed by atoms with van der Waals surface area (Å²) in [6, 6.07) is 0. The van der Waals surface area contributed by atoms with Crippen LogP contribution in [-0.4, -0.2) is 29.3 Å². The molecule has 0 bridgehead atoms. The van der Waals surface area contributed by atoms with Gasteiger partial charge in [-0.1, -0.05) is 0 Å². The lowest BCUT2D eigenvalue weighted by Crippen LogP contribution is -2.28. The molecule has 11 heavy (non-hydrogen) atoms. The molecule has 1 aliphatic rings. The van der Waals surface area contributed by atoms with Crippen LogP contribution in [0.3, 0.4) is 0 Å². The number of rotatable bonds is 2. The summed E-state index contributed by atoms with van der Waals surface area (Å²) < 4.78 is 18.6. The minimum atomic E-state index is -2.16. The molecule has 0 atom stereocenters. The molecule has 3 nitrogen and oxygen atoms in total. The van der Waals surface area contributed by atoms with Crippen molar-refractivity contribution in [3.05, 3.63) is 0 Å². The van der Waals surface area contributed by atoms with Gasteiger partial charge in [0, 0.05) is 21.2 Å². The summed E-state index contributed by atoms with van der Waals surface area (Å²) in [5.74, 6) is 1.87. The summed E-state index contributed by atoms with van der Waals surface area (Å²) >= 11 is 0. The van der Waals surface area contributed by atoms with Gasteiger partial charge in [-0.3, -0.25) is 4.78 Å². The molecule has 1 heterocycles. The zero-order chi connectivity index (χ0) is 8.32. The number of hydrogen-bond donors (Lipinski definition) is 2. The lowest BCUT2D eigenvalue weighted by atomic mass is 10.0. The monoisotopic (exact) mass is 176 g/mol. The molecule has 0 spiro atoms. The standard InChI is InChI=1S/C7H16N2OS/c1-9-6-7-2-4-11(8,10)5-3-7/h7-9H,2-6H2,1H3. The van der Waals surface area contributed by atoms with Crippen molar-refractivity contribution in [2.45, 2.75) is 12.8 Å². The Labute approximate surface area is 68.5 Å². The van der Waals surface area contributed by atoms with E-state index in [2.05, 4.69) is 5.32 Å². The van der Waals surface area contributed by atoms with Gasteiger partial charge in [0.1, 0.15) is 0 Å². The average molecular weight is 176 g/mol. The van der Waals surface area contributed by atoms with Gasteiger partial charge in [0.25, 0.3) is 0 Å². The van der Waals surface area contributed by atoms with Gasteiger partial charge in [-0.2, -0.15) is 0 Å². The minimum absolute atomic E-state index is 0.610. The molecule has 0 radical (unpaired) electrons. The molecule has 1 fully saturated rings. The highest BCUT2D eigenvalue weighted by Crippen LogP contribution is 2.17. The van der Waals surface area contributed by atoms with Crippen LogP contribution in [-0.2, 0) is 9.73 Å². The highest BCUT2D eigenvalue weighted by Gasteiger charge is 2.19. The molecular weight excluding hydrogens is 160 g/mol. The van der Waals surface area contributed by atoms with Crippen LogP contribution in [0.2, 0.25) is 0 Å². The van der Waals surface area contributed by atoms with E-state index in [9.17, 15) is 4.21 Å². The zero-order valence-corrected chi connectivity index (χ0v) is 7.75. The predicted octanol–water partition coefficient (Wildman–Crippen LogP) is 0.663. The van der Waals surface area contributed by atoms with Crippen molar-refractivity contribution in [1.29, 1.82) is 4.78 Å². The third-order valence-corrected chi connectivity index (χ3v) is 3.99. The second-order valence-corrected chi connectivity index (χ2v) is 5.66. The van der Waals surface area contributed by atoms with E-state index < -0.39 is 9.73 Å². The molecule has 66 valence electrons. The lowest BCUT2D eigenvalue weighted by Gasteiger charge is -2.22. The molecule has 0 saturated carbocycles. The summed E-state index contributed by atoms with van der Waals surface area (Å²) in [6.45, 7) is 1.01. The summed E-state index contributed by atoms with van der Waals surface area (Å²) in [7, 11) is -0.225. The van der Waals surface area contributed by atoms with Crippen LogP contribution in [0.5, 0.6) is 0 Å². The summed E-state index contributed by atoms with van der Waals surface area (Å²) in [4.78, 5) is 0. The Balaban J connectivity index is 2.36. The molecule has 4 heteroatoms. The van der Waals surface area contributed by atoms with Crippen molar-refractivity contribution in [2.75, 3.05) is 25.1 Å². The van der Waals surface area contributed by atoms with Crippen molar-refractivity contribution >= 4 is 9.73 Å². The molecule has 2 N–H and O–H groups in total.